The van der Waals surface area contributed by atoms with E-state index >= 15 is 0 Å². The average Bonchev–Trinajstić information content (AvgIpc) is 2.05. The van der Waals surface area contributed by atoms with Gasteiger partial charge < -0.3 is 10.1 Å². The SMILES string of the molecule is C1=CC2NCCOC2C=C1. The number of rotatable bonds is 0. The molecule has 0 amide bonds. The molecule has 2 aliphatic rings. The van der Waals surface area contributed by atoms with Gasteiger partial charge in [0, 0.05) is 6.54 Å². The topological polar surface area (TPSA) is 21.3 Å². The Morgan fingerprint density at radius 1 is 1.30 bits per heavy atom. The molecule has 0 aromatic rings. The summed E-state index contributed by atoms with van der Waals surface area (Å²) in [5.74, 6) is 0. The lowest BCUT2D eigenvalue weighted by molar-refractivity contribution is 0.0385. The molecule has 2 heteroatoms. The van der Waals surface area contributed by atoms with E-state index in [1.54, 1.807) is 0 Å². The second kappa shape index (κ2) is 2.56. The smallest absolute Gasteiger partial charge is 0.0948 e. The summed E-state index contributed by atoms with van der Waals surface area (Å²) >= 11 is 0. The Balaban J connectivity index is 2.09. The summed E-state index contributed by atoms with van der Waals surface area (Å²) in [6, 6.07) is 0.416. The van der Waals surface area contributed by atoms with E-state index in [0.717, 1.165) is 13.2 Å². The zero-order valence-electron chi connectivity index (χ0n) is 5.79. The van der Waals surface area contributed by atoms with Crippen LogP contribution in [0, 0.1) is 0 Å². The molecule has 10 heavy (non-hydrogen) atoms. The van der Waals surface area contributed by atoms with E-state index in [4.69, 9.17) is 4.74 Å². The van der Waals surface area contributed by atoms with E-state index in [2.05, 4.69) is 23.5 Å². The molecule has 2 unspecified atom stereocenters. The van der Waals surface area contributed by atoms with Crippen LogP contribution in [-0.4, -0.2) is 25.3 Å². The van der Waals surface area contributed by atoms with Crippen molar-refractivity contribution in [1.29, 1.82) is 0 Å². The Kier molecular flexibility index (Phi) is 1.57. The molecule has 1 saturated heterocycles. The molecular weight excluding hydrogens is 126 g/mol. The maximum atomic E-state index is 5.48. The van der Waals surface area contributed by atoms with Crippen LogP contribution in [0.5, 0.6) is 0 Å². The fourth-order valence-electron chi connectivity index (χ4n) is 1.35. The average molecular weight is 137 g/mol. The molecule has 0 aromatic heterocycles. The van der Waals surface area contributed by atoms with Gasteiger partial charge in [0.05, 0.1) is 18.8 Å². The number of hydrogen-bond donors (Lipinski definition) is 1. The van der Waals surface area contributed by atoms with Crippen molar-refractivity contribution in [3.8, 4) is 0 Å². The van der Waals surface area contributed by atoms with Crippen molar-refractivity contribution in [3.63, 3.8) is 0 Å². The first kappa shape index (κ1) is 6.13. The van der Waals surface area contributed by atoms with E-state index in [9.17, 15) is 0 Å². The lowest BCUT2D eigenvalue weighted by Crippen LogP contribution is -2.46. The lowest BCUT2D eigenvalue weighted by Gasteiger charge is -2.30. The fourth-order valence-corrected chi connectivity index (χ4v) is 1.35. The summed E-state index contributed by atoms with van der Waals surface area (Å²) in [7, 11) is 0. The third kappa shape index (κ3) is 1.00. The van der Waals surface area contributed by atoms with Crippen molar-refractivity contribution < 1.29 is 4.74 Å². The minimum absolute atomic E-state index is 0.277. The van der Waals surface area contributed by atoms with E-state index in [1.165, 1.54) is 0 Å². The Morgan fingerprint density at radius 3 is 3.10 bits per heavy atom. The zero-order valence-corrected chi connectivity index (χ0v) is 5.79. The molecule has 0 spiro atoms. The van der Waals surface area contributed by atoms with Crippen LogP contribution in [0.3, 0.4) is 0 Å². The molecule has 0 bridgehead atoms. The van der Waals surface area contributed by atoms with Gasteiger partial charge in [-0.05, 0) is 0 Å². The maximum Gasteiger partial charge on any atom is 0.0948 e. The van der Waals surface area contributed by atoms with Gasteiger partial charge in [0.1, 0.15) is 0 Å². The van der Waals surface area contributed by atoms with Crippen LogP contribution in [-0.2, 0) is 4.74 Å². The first-order chi connectivity index (χ1) is 4.97. The van der Waals surface area contributed by atoms with Gasteiger partial charge in [-0.2, -0.15) is 0 Å². The summed E-state index contributed by atoms with van der Waals surface area (Å²) in [5, 5.41) is 3.36. The summed E-state index contributed by atoms with van der Waals surface area (Å²) < 4.78 is 5.48. The normalized spacial score (nSPS) is 37.6. The van der Waals surface area contributed by atoms with Crippen LogP contribution in [0.1, 0.15) is 0 Å². The standard InChI is InChI=1S/C8H11NO/c1-2-4-8-7(3-1)9-5-6-10-8/h1-4,7-9H,5-6H2. The highest BCUT2D eigenvalue weighted by molar-refractivity contribution is 5.19. The highest BCUT2D eigenvalue weighted by Gasteiger charge is 2.21. The predicted molar refractivity (Wildman–Crippen MR) is 39.8 cm³/mol. The van der Waals surface area contributed by atoms with Crippen molar-refractivity contribution in [2.75, 3.05) is 13.2 Å². The highest BCUT2D eigenvalue weighted by Crippen LogP contribution is 2.11. The van der Waals surface area contributed by atoms with Gasteiger partial charge in [-0.25, -0.2) is 0 Å². The van der Waals surface area contributed by atoms with Crippen LogP contribution in [0.15, 0.2) is 24.3 Å². The Hall–Kier alpha value is -0.600. The third-order valence-electron chi connectivity index (χ3n) is 1.88. The van der Waals surface area contributed by atoms with Crippen LogP contribution in [0.4, 0.5) is 0 Å². The molecule has 2 atom stereocenters. The highest BCUT2D eigenvalue weighted by atomic mass is 16.5. The van der Waals surface area contributed by atoms with Gasteiger partial charge in [0.15, 0.2) is 0 Å². The van der Waals surface area contributed by atoms with Gasteiger partial charge in [-0.3, -0.25) is 0 Å². The number of allylic oxidation sites excluding steroid dienone is 2. The quantitative estimate of drug-likeness (QED) is 0.524. The third-order valence-corrected chi connectivity index (χ3v) is 1.88. The van der Waals surface area contributed by atoms with Gasteiger partial charge in [-0.15, -0.1) is 0 Å². The molecule has 1 aliphatic heterocycles. The van der Waals surface area contributed by atoms with Crippen LogP contribution < -0.4 is 5.32 Å². The molecule has 54 valence electrons. The molecule has 1 N–H and O–H groups in total. The monoisotopic (exact) mass is 137 g/mol. The van der Waals surface area contributed by atoms with E-state index in [-0.39, 0.29) is 6.10 Å². The summed E-state index contributed by atoms with van der Waals surface area (Å²) in [6.45, 7) is 1.80. The fraction of sp³-hybridized carbons (Fsp3) is 0.500. The Bertz CT molecular complexity index is 154. The Morgan fingerprint density at radius 2 is 2.20 bits per heavy atom. The van der Waals surface area contributed by atoms with Crippen LogP contribution in [0.2, 0.25) is 0 Å². The molecule has 1 heterocycles. The zero-order chi connectivity index (χ0) is 6.81. The van der Waals surface area contributed by atoms with Crippen molar-refractivity contribution in [2.24, 2.45) is 0 Å². The molecule has 2 nitrogen and oxygen atoms in total. The largest absolute Gasteiger partial charge is 0.371 e. The molecular formula is C8H11NO. The minimum Gasteiger partial charge on any atom is -0.371 e. The second-order valence-electron chi connectivity index (χ2n) is 2.59. The van der Waals surface area contributed by atoms with Gasteiger partial charge in [-0.1, -0.05) is 24.3 Å². The molecule has 1 aliphatic carbocycles. The second-order valence-corrected chi connectivity index (χ2v) is 2.59. The number of morpholine rings is 1. The van der Waals surface area contributed by atoms with Crippen molar-refractivity contribution in [1.82, 2.24) is 5.32 Å². The number of ether oxygens (including phenoxy) is 1. The molecule has 0 radical (unpaired) electrons. The van der Waals surface area contributed by atoms with Crippen LogP contribution >= 0.6 is 0 Å². The number of hydrogen-bond acceptors (Lipinski definition) is 2. The van der Waals surface area contributed by atoms with Crippen molar-refractivity contribution >= 4 is 0 Å². The molecule has 0 saturated carbocycles. The minimum atomic E-state index is 0.277. The summed E-state index contributed by atoms with van der Waals surface area (Å²) in [5.41, 5.74) is 0. The van der Waals surface area contributed by atoms with Crippen molar-refractivity contribution in [2.45, 2.75) is 12.1 Å². The predicted octanol–water partition coefficient (Wildman–Crippen LogP) is 0.469. The van der Waals surface area contributed by atoms with Crippen LogP contribution in [0.25, 0.3) is 0 Å². The van der Waals surface area contributed by atoms with E-state index in [1.807, 2.05) is 6.08 Å². The summed E-state index contributed by atoms with van der Waals surface area (Å²) in [4.78, 5) is 0. The first-order valence-corrected chi connectivity index (χ1v) is 3.67. The Labute approximate surface area is 60.6 Å². The van der Waals surface area contributed by atoms with E-state index in [0.29, 0.717) is 6.04 Å². The van der Waals surface area contributed by atoms with Gasteiger partial charge in [0.2, 0.25) is 0 Å². The van der Waals surface area contributed by atoms with Gasteiger partial charge >= 0.3 is 0 Å². The molecule has 0 aromatic carbocycles. The lowest BCUT2D eigenvalue weighted by atomic mass is 10.0. The van der Waals surface area contributed by atoms with Crippen molar-refractivity contribution in [3.05, 3.63) is 24.3 Å². The van der Waals surface area contributed by atoms with E-state index < -0.39 is 0 Å². The number of nitrogens with one attached hydrogen (secondary N) is 1. The summed E-state index contributed by atoms with van der Waals surface area (Å²) in [6.07, 6.45) is 8.61. The first-order valence-electron chi connectivity index (χ1n) is 3.67. The molecule has 1 fully saturated rings. The number of fused-ring (bicyclic) bond motifs is 1. The molecule has 2 rings (SSSR count). The maximum absolute atomic E-state index is 5.48. The van der Waals surface area contributed by atoms with Gasteiger partial charge in [0.25, 0.3) is 0 Å².